The average Bonchev–Trinajstić information content (AvgIpc) is 2.14. The van der Waals surface area contributed by atoms with Gasteiger partial charge in [0.05, 0.1) is 12.2 Å². The molecule has 2 heterocycles. The van der Waals surface area contributed by atoms with E-state index in [9.17, 15) is 10.2 Å². The van der Waals surface area contributed by atoms with Gasteiger partial charge in [-0.1, -0.05) is 0 Å². The smallest absolute Gasteiger partial charge is 0.0923 e. The summed E-state index contributed by atoms with van der Waals surface area (Å²) in [5.74, 6) is 0. The number of aliphatic hydroxyl groups is 2. The Balaban J connectivity index is 1.99. The second kappa shape index (κ2) is 3.53. The summed E-state index contributed by atoms with van der Waals surface area (Å²) >= 11 is 0. The topological polar surface area (TPSA) is 61.7 Å². The molecule has 4 nitrogen and oxygen atoms in total. The van der Waals surface area contributed by atoms with Gasteiger partial charge >= 0.3 is 0 Å². The molecule has 0 bridgehead atoms. The maximum Gasteiger partial charge on any atom is 0.0923 e. The Morgan fingerprint density at radius 1 is 1.15 bits per heavy atom. The van der Waals surface area contributed by atoms with Gasteiger partial charge in [0.1, 0.15) is 0 Å². The van der Waals surface area contributed by atoms with Crippen molar-refractivity contribution in [1.29, 1.82) is 0 Å². The van der Waals surface area contributed by atoms with Crippen molar-refractivity contribution in [2.24, 2.45) is 0 Å². The van der Waals surface area contributed by atoms with Gasteiger partial charge in [0, 0.05) is 25.3 Å². The molecular formula is C9H17NO3. The van der Waals surface area contributed by atoms with Crippen LogP contribution in [0.5, 0.6) is 0 Å². The summed E-state index contributed by atoms with van der Waals surface area (Å²) in [6.45, 7) is 2.02. The van der Waals surface area contributed by atoms with Gasteiger partial charge in [-0.25, -0.2) is 0 Å². The Kier molecular flexibility index (Phi) is 2.55. The molecule has 0 saturated carbocycles. The van der Waals surface area contributed by atoms with Crippen molar-refractivity contribution in [3.8, 4) is 0 Å². The summed E-state index contributed by atoms with van der Waals surface area (Å²) in [6.07, 6.45) is 1.36. The number of β-amino-alcohol motifs (C(OH)–C–C–N with tert-alkyl or cyclic N) is 1. The van der Waals surface area contributed by atoms with Gasteiger partial charge in [0.2, 0.25) is 0 Å². The van der Waals surface area contributed by atoms with Gasteiger partial charge in [-0.2, -0.15) is 0 Å². The van der Waals surface area contributed by atoms with Crippen LogP contribution in [0.25, 0.3) is 0 Å². The molecule has 2 fully saturated rings. The lowest BCUT2D eigenvalue weighted by molar-refractivity contribution is -0.0618. The first-order valence-electron chi connectivity index (χ1n) is 4.91. The molecule has 2 aliphatic heterocycles. The molecule has 0 aromatic rings. The number of nitrogens with one attached hydrogen (secondary N) is 1. The lowest BCUT2D eigenvalue weighted by Crippen LogP contribution is -2.60. The zero-order chi connectivity index (χ0) is 9.31. The van der Waals surface area contributed by atoms with E-state index in [0.717, 1.165) is 26.1 Å². The van der Waals surface area contributed by atoms with Crippen LogP contribution >= 0.6 is 0 Å². The molecule has 2 saturated heterocycles. The van der Waals surface area contributed by atoms with Crippen LogP contribution in [0.1, 0.15) is 19.3 Å². The van der Waals surface area contributed by atoms with Crippen LogP contribution in [0, 0.1) is 0 Å². The molecule has 0 radical (unpaired) electrons. The minimum atomic E-state index is -0.603. The van der Waals surface area contributed by atoms with E-state index >= 15 is 0 Å². The minimum Gasteiger partial charge on any atom is -0.390 e. The predicted octanol–water partition coefficient (Wildman–Crippen LogP) is -0.749. The van der Waals surface area contributed by atoms with Gasteiger partial charge in [0.15, 0.2) is 0 Å². The highest BCUT2D eigenvalue weighted by Gasteiger charge is 2.40. The van der Waals surface area contributed by atoms with Crippen LogP contribution < -0.4 is 5.32 Å². The Labute approximate surface area is 77.9 Å². The first kappa shape index (κ1) is 9.40. The Morgan fingerprint density at radius 3 is 2.46 bits per heavy atom. The molecule has 2 aliphatic rings. The lowest BCUT2D eigenvalue weighted by atomic mass is 9.80. The molecule has 0 aromatic carbocycles. The van der Waals surface area contributed by atoms with Gasteiger partial charge in [-0.05, 0) is 19.3 Å². The lowest BCUT2D eigenvalue weighted by Gasteiger charge is -2.44. The van der Waals surface area contributed by atoms with Crippen molar-refractivity contribution >= 4 is 0 Å². The molecule has 2 atom stereocenters. The molecule has 0 aromatic heterocycles. The average molecular weight is 187 g/mol. The molecule has 76 valence electrons. The molecule has 13 heavy (non-hydrogen) atoms. The van der Waals surface area contributed by atoms with Crippen molar-refractivity contribution in [3.05, 3.63) is 0 Å². The standard InChI is InChI=1S/C9H17NO3/c11-7-5-9(10-6-8(7)12)1-3-13-4-2-9/h7-8,10-12H,1-6H2/t7-,8+/m1/s1. The van der Waals surface area contributed by atoms with Crippen LogP contribution in [-0.4, -0.2) is 47.7 Å². The summed E-state index contributed by atoms with van der Waals surface area (Å²) in [5.41, 5.74) is 0.0247. The number of aliphatic hydroxyl groups excluding tert-OH is 2. The van der Waals surface area contributed by atoms with Crippen LogP contribution in [0.3, 0.4) is 0 Å². The molecule has 4 heteroatoms. The Morgan fingerprint density at radius 2 is 1.85 bits per heavy atom. The summed E-state index contributed by atoms with van der Waals surface area (Å²) in [5, 5.41) is 22.2. The van der Waals surface area contributed by atoms with Crippen molar-refractivity contribution in [2.45, 2.75) is 37.0 Å². The number of rotatable bonds is 0. The van der Waals surface area contributed by atoms with Gasteiger partial charge < -0.3 is 20.3 Å². The summed E-state index contributed by atoms with van der Waals surface area (Å²) in [4.78, 5) is 0. The van der Waals surface area contributed by atoms with E-state index in [4.69, 9.17) is 4.74 Å². The van der Waals surface area contributed by atoms with Crippen molar-refractivity contribution in [1.82, 2.24) is 5.32 Å². The molecular weight excluding hydrogens is 170 g/mol. The molecule has 0 unspecified atom stereocenters. The summed E-state index contributed by atoms with van der Waals surface area (Å²) in [6, 6.07) is 0. The van der Waals surface area contributed by atoms with E-state index in [-0.39, 0.29) is 5.54 Å². The summed E-state index contributed by atoms with van der Waals surface area (Å²) < 4.78 is 5.27. The quantitative estimate of drug-likeness (QED) is 0.467. The number of ether oxygens (including phenoxy) is 1. The fraction of sp³-hybridized carbons (Fsp3) is 1.00. The highest BCUT2D eigenvalue weighted by atomic mass is 16.5. The van der Waals surface area contributed by atoms with E-state index in [0.29, 0.717) is 13.0 Å². The third-order valence-corrected chi connectivity index (χ3v) is 3.18. The number of hydrogen-bond donors (Lipinski definition) is 3. The molecule has 0 amide bonds. The van der Waals surface area contributed by atoms with E-state index in [1.54, 1.807) is 0 Å². The second-order valence-electron chi connectivity index (χ2n) is 4.11. The maximum absolute atomic E-state index is 9.56. The first-order chi connectivity index (χ1) is 6.22. The maximum atomic E-state index is 9.56. The number of hydrogen-bond acceptors (Lipinski definition) is 4. The fourth-order valence-corrected chi connectivity index (χ4v) is 2.21. The Hall–Kier alpha value is -0.160. The number of piperidine rings is 1. The molecule has 0 aliphatic carbocycles. The van der Waals surface area contributed by atoms with E-state index in [1.807, 2.05) is 0 Å². The second-order valence-corrected chi connectivity index (χ2v) is 4.11. The largest absolute Gasteiger partial charge is 0.390 e. The van der Waals surface area contributed by atoms with E-state index in [2.05, 4.69) is 5.32 Å². The highest BCUT2D eigenvalue weighted by Crippen LogP contribution is 2.29. The zero-order valence-corrected chi connectivity index (χ0v) is 7.70. The Bertz CT molecular complexity index is 180. The van der Waals surface area contributed by atoms with Crippen molar-refractivity contribution < 1.29 is 14.9 Å². The van der Waals surface area contributed by atoms with Crippen LogP contribution in [0.2, 0.25) is 0 Å². The first-order valence-corrected chi connectivity index (χ1v) is 4.91. The van der Waals surface area contributed by atoms with Crippen LogP contribution in [0.4, 0.5) is 0 Å². The summed E-state index contributed by atoms with van der Waals surface area (Å²) in [7, 11) is 0. The van der Waals surface area contributed by atoms with Crippen molar-refractivity contribution in [2.75, 3.05) is 19.8 Å². The monoisotopic (exact) mass is 187 g/mol. The SMILES string of the molecule is O[C@@H]1CC2(CCOCC2)NC[C@@H]1O. The fourth-order valence-electron chi connectivity index (χ4n) is 2.21. The van der Waals surface area contributed by atoms with Crippen molar-refractivity contribution in [3.63, 3.8) is 0 Å². The van der Waals surface area contributed by atoms with Gasteiger partial charge in [0.25, 0.3) is 0 Å². The van der Waals surface area contributed by atoms with Gasteiger partial charge in [-0.3, -0.25) is 0 Å². The third-order valence-electron chi connectivity index (χ3n) is 3.18. The third kappa shape index (κ3) is 1.86. The molecule has 1 spiro atoms. The minimum absolute atomic E-state index is 0.0247. The molecule has 2 rings (SSSR count). The normalized spacial score (nSPS) is 39.2. The van der Waals surface area contributed by atoms with E-state index < -0.39 is 12.2 Å². The van der Waals surface area contributed by atoms with Crippen LogP contribution in [-0.2, 0) is 4.74 Å². The van der Waals surface area contributed by atoms with Crippen LogP contribution in [0.15, 0.2) is 0 Å². The van der Waals surface area contributed by atoms with E-state index in [1.165, 1.54) is 0 Å². The molecule has 3 N–H and O–H groups in total. The van der Waals surface area contributed by atoms with Gasteiger partial charge in [-0.15, -0.1) is 0 Å². The predicted molar refractivity (Wildman–Crippen MR) is 47.4 cm³/mol. The zero-order valence-electron chi connectivity index (χ0n) is 7.70. The highest BCUT2D eigenvalue weighted by molar-refractivity contribution is 4.98.